The van der Waals surface area contributed by atoms with Crippen LogP contribution in [-0.4, -0.2) is 10.8 Å². The molecule has 0 amide bonds. The first-order valence-corrected chi connectivity index (χ1v) is 7.03. The molecule has 3 aromatic rings. The number of nitrogens with zero attached hydrogens (tertiary/aromatic N) is 2. The molecule has 3 rings (SSSR count). The third-order valence-electron chi connectivity index (χ3n) is 3.12. The first kappa shape index (κ1) is 13.5. The van der Waals surface area contributed by atoms with Crippen molar-refractivity contribution in [3.8, 4) is 6.07 Å². The maximum atomic E-state index is 12.3. The molecule has 0 radical (unpaired) electrons. The van der Waals surface area contributed by atoms with Crippen LogP contribution in [0.4, 0.5) is 0 Å². The Hall–Kier alpha value is -2.45. The van der Waals surface area contributed by atoms with E-state index in [-0.39, 0.29) is 5.76 Å². The summed E-state index contributed by atoms with van der Waals surface area (Å²) in [4.78, 5) is 16.8. The summed E-state index contributed by atoms with van der Waals surface area (Å²) in [6.45, 7) is 0. The Balaban J connectivity index is 2.02. The Morgan fingerprint density at radius 2 is 2.00 bits per heavy atom. The molecule has 0 unspecified atom stereocenters. The van der Waals surface area contributed by atoms with Gasteiger partial charge in [-0.1, -0.05) is 24.3 Å². The minimum atomic E-state index is -0.979. The number of rotatable bonds is 3. The lowest BCUT2D eigenvalue weighted by Crippen LogP contribution is -2.12. The molecular formula is C16H9BrN2O2. The van der Waals surface area contributed by atoms with Crippen LogP contribution in [0.1, 0.15) is 22.2 Å². The monoisotopic (exact) mass is 340 g/mol. The zero-order chi connectivity index (χ0) is 14.8. The van der Waals surface area contributed by atoms with E-state index in [1.165, 1.54) is 6.07 Å². The van der Waals surface area contributed by atoms with Gasteiger partial charge in [-0.05, 0) is 40.2 Å². The number of ketones is 1. The van der Waals surface area contributed by atoms with Crippen molar-refractivity contribution in [2.45, 2.75) is 5.92 Å². The molecule has 0 N–H and O–H groups in total. The molecule has 0 aliphatic heterocycles. The molecule has 0 aliphatic carbocycles. The maximum Gasteiger partial charge on any atom is 0.221 e. The Labute approximate surface area is 129 Å². The van der Waals surface area contributed by atoms with Crippen molar-refractivity contribution in [2.75, 3.05) is 0 Å². The minimum absolute atomic E-state index is 0.142. The predicted octanol–water partition coefficient (Wildman–Crippen LogP) is 4.08. The summed E-state index contributed by atoms with van der Waals surface area (Å²) in [5, 5.41) is 10.3. The standard InChI is InChI=1S/C16H9BrN2O2/c17-15-8-7-14(21-15)16(20)11(9-18)13-6-5-10-3-1-2-4-12(10)19-13/h1-8,11H/t11-/m0/s1. The SMILES string of the molecule is N#C[C@H](C(=O)c1ccc(Br)o1)c1ccc2ccccc2n1. The summed E-state index contributed by atoms with van der Waals surface area (Å²) in [6.07, 6.45) is 0. The molecule has 0 aliphatic rings. The Morgan fingerprint density at radius 1 is 1.19 bits per heavy atom. The Bertz CT molecular complexity index is 864. The molecule has 5 heteroatoms. The number of aromatic nitrogens is 1. The van der Waals surface area contributed by atoms with Gasteiger partial charge in [-0.15, -0.1) is 0 Å². The van der Waals surface area contributed by atoms with Crippen LogP contribution in [0.15, 0.2) is 57.6 Å². The topological polar surface area (TPSA) is 66.9 Å². The van der Waals surface area contributed by atoms with Crippen LogP contribution in [0.2, 0.25) is 0 Å². The largest absolute Gasteiger partial charge is 0.446 e. The third-order valence-corrected chi connectivity index (χ3v) is 3.55. The Morgan fingerprint density at radius 3 is 2.71 bits per heavy atom. The average molecular weight is 341 g/mol. The van der Waals surface area contributed by atoms with Gasteiger partial charge in [0.2, 0.25) is 5.78 Å². The van der Waals surface area contributed by atoms with Crippen molar-refractivity contribution < 1.29 is 9.21 Å². The van der Waals surface area contributed by atoms with Gasteiger partial charge >= 0.3 is 0 Å². The smallest absolute Gasteiger partial charge is 0.221 e. The molecule has 1 atom stereocenters. The summed E-state index contributed by atoms with van der Waals surface area (Å²) < 4.78 is 5.68. The number of benzene rings is 1. The third kappa shape index (κ3) is 2.58. The molecule has 1 aromatic carbocycles. The first-order valence-electron chi connectivity index (χ1n) is 6.24. The van der Waals surface area contributed by atoms with E-state index in [9.17, 15) is 10.1 Å². The van der Waals surface area contributed by atoms with E-state index in [2.05, 4.69) is 20.9 Å². The molecular weight excluding hydrogens is 332 g/mol. The van der Waals surface area contributed by atoms with E-state index >= 15 is 0 Å². The van der Waals surface area contributed by atoms with Crippen LogP contribution < -0.4 is 0 Å². The number of Topliss-reactive ketones (excluding diaryl/α,β-unsaturated/α-hetero) is 1. The van der Waals surface area contributed by atoms with Crippen LogP contribution in [0.3, 0.4) is 0 Å². The van der Waals surface area contributed by atoms with Crippen molar-refractivity contribution in [3.05, 3.63) is 64.7 Å². The number of para-hydroxylation sites is 1. The molecule has 2 heterocycles. The second-order valence-corrected chi connectivity index (χ2v) is 5.24. The van der Waals surface area contributed by atoms with Gasteiger partial charge < -0.3 is 4.42 Å². The molecule has 0 spiro atoms. The lowest BCUT2D eigenvalue weighted by molar-refractivity contribution is 0.0949. The molecule has 0 saturated heterocycles. The summed E-state index contributed by atoms with van der Waals surface area (Å²) in [7, 11) is 0. The molecule has 4 nitrogen and oxygen atoms in total. The van der Waals surface area contributed by atoms with Gasteiger partial charge in [-0.3, -0.25) is 9.78 Å². The van der Waals surface area contributed by atoms with Gasteiger partial charge in [0.1, 0.15) is 0 Å². The summed E-state index contributed by atoms with van der Waals surface area (Å²) >= 11 is 3.14. The van der Waals surface area contributed by atoms with E-state index in [0.717, 1.165) is 10.9 Å². The van der Waals surface area contributed by atoms with Gasteiger partial charge in [0, 0.05) is 5.39 Å². The van der Waals surface area contributed by atoms with Crippen molar-refractivity contribution in [2.24, 2.45) is 0 Å². The number of hydrogen-bond acceptors (Lipinski definition) is 4. The average Bonchev–Trinajstić information content (AvgIpc) is 2.94. The van der Waals surface area contributed by atoms with Crippen molar-refractivity contribution >= 4 is 32.6 Å². The number of fused-ring (bicyclic) bond motifs is 1. The van der Waals surface area contributed by atoms with Gasteiger partial charge in [0.15, 0.2) is 16.3 Å². The number of halogens is 1. The lowest BCUT2D eigenvalue weighted by atomic mass is 9.99. The molecule has 0 saturated carbocycles. The fraction of sp³-hybridized carbons (Fsp3) is 0.0625. The number of hydrogen-bond donors (Lipinski definition) is 0. The number of nitriles is 1. The summed E-state index contributed by atoms with van der Waals surface area (Å²) in [5.41, 5.74) is 1.18. The van der Waals surface area contributed by atoms with Crippen LogP contribution >= 0.6 is 15.9 Å². The van der Waals surface area contributed by atoms with Crippen LogP contribution in [0.5, 0.6) is 0 Å². The highest BCUT2D eigenvalue weighted by Crippen LogP contribution is 2.24. The van der Waals surface area contributed by atoms with Gasteiger partial charge in [0.25, 0.3) is 0 Å². The van der Waals surface area contributed by atoms with Crippen LogP contribution in [0, 0.1) is 11.3 Å². The molecule has 21 heavy (non-hydrogen) atoms. The van der Waals surface area contributed by atoms with Gasteiger partial charge in [0.05, 0.1) is 17.3 Å². The van der Waals surface area contributed by atoms with Crippen molar-refractivity contribution in [1.29, 1.82) is 5.26 Å². The highest BCUT2D eigenvalue weighted by Gasteiger charge is 2.25. The second-order valence-electron chi connectivity index (χ2n) is 4.46. The van der Waals surface area contributed by atoms with Gasteiger partial charge in [-0.2, -0.15) is 5.26 Å². The summed E-state index contributed by atoms with van der Waals surface area (Å²) in [5.74, 6) is -1.23. The molecule has 0 fully saturated rings. The maximum absolute atomic E-state index is 12.3. The zero-order valence-corrected chi connectivity index (χ0v) is 12.4. The first-order chi connectivity index (χ1) is 10.2. The van der Waals surface area contributed by atoms with E-state index in [0.29, 0.717) is 10.4 Å². The van der Waals surface area contributed by atoms with Crippen LogP contribution in [0.25, 0.3) is 10.9 Å². The molecule has 0 bridgehead atoms. The number of carbonyl (C=O) groups excluding carboxylic acids is 1. The fourth-order valence-corrected chi connectivity index (χ4v) is 2.40. The lowest BCUT2D eigenvalue weighted by Gasteiger charge is -2.07. The summed E-state index contributed by atoms with van der Waals surface area (Å²) in [6, 6.07) is 16.3. The zero-order valence-electron chi connectivity index (χ0n) is 10.8. The Kier molecular flexibility index (Phi) is 3.55. The highest BCUT2D eigenvalue weighted by molar-refractivity contribution is 9.10. The van der Waals surface area contributed by atoms with Gasteiger partial charge in [-0.25, -0.2) is 0 Å². The minimum Gasteiger partial charge on any atom is -0.446 e. The van der Waals surface area contributed by atoms with Crippen molar-refractivity contribution in [3.63, 3.8) is 0 Å². The van der Waals surface area contributed by atoms with E-state index < -0.39 is 11.7 Å². The quantitative estimate of drug-likeness (QED) is 0.673. The molecule has 102 valence electrons. The molecule has 2 aromatic heterocycles. The predicted molar refractivity (Wildman–Crippen MR) is 80.8 cm³/mol. The van der Waals surface area contributed by atoms with E-state index in [4.69, 9.17) is 4.42 Å². The number of carbonyl (C=O) groups is 1. The van der Waals surface area contributed by atoms with E-state index in [1.54, 1.807) is 12.1 Å². The second kappa shape index (κ2) is 5.51. The number of pyridine rings is 1. The van der Waals surface area contributed by atoms with Crippen LogP contribution in [-0.2, 0) is 0 Å². The number of furan rings is 1. The van der Waals surface area contributed by atoms with Crippen molar-refractivity contribution in [1.82, 2.24) is 4.98 Å². The van der Waals surface area contributed by atoms with E-state index in [1.807, 2.05) is 36.4 Å². The highest BCUT2D eigenvalue weighted by atomic mass is 79.9. The fourth-order valence-electron chi connectivity index (χ4n) is 2.09. The normalized spacial score (nSPS) is 12.0.